The van der Waals surface area contributed by atoms with Gasteiger partial charge in [-0.2, -0.15) is 0 Å². The predicted octanol–water partition coefficient (Wildman–Crippen LogP) is 1.61. The number of rotatable bonds is 4. The highest BCUT2D eigenvalue weighted by Crippen LogP contribution is 2.30. The molecule has 2 aliphatic heterocycles. The Morgan fingerprint density at radius 1 is 1.14 bits per heavy atom. The summed E-state index contributed by atoms with van der Waals surface area (Å²) in [6.45, 7) is 5.30. The van der Waals surface area contributed by atoms with Gasteiger partial charge in [-0.1, -0.05) is 19.3 Å². The van der Waals surface area contributed by atoms with Gasteiger partial charge >= 0.3 is 0 Å². The number of ether oxygens (including phenoxy) is 1. The lowest BCUT2D eigenvalue weighted by Crippen LogP contribution is -2.53. The summed E-state index contributed by atoms with van der Waals surface area (Å²) < 4.78 is 5.90. The van der Waals surface area contributed by atoms with E-state index in [0.717, 1.165) is 38.2 Å². The van der Waals surface area contributed by atoms with Gasteiger partial charge in [0.25, 0.3) is 0 Å². The molecule has 4 unspecified atom stereocenters. The topological polar surface area (TPSA) is 36.5 Å². The zero-order valence-corrected chi connectivity index (χ0v) is 13.7. The second-order valence-electron chi connectivity index (χ2n) is 7.27. The number of piperidine rings is 1. The van der Waals surface area contributed by atoms with E-state index >= 15 is 0 Å². The van der Waals surface area contributed by atoms with Crippen LogP contribution in [0.4, 0.5) is 0 Å². The van der Waals surface area contributed by atoms with Gasteiger partial charge < -0.3 is 20.3 Å². The van der Waals surface area contributed by atoms with Crippen molar-refractivity contribution in [1.29, 1.82) is 0 Å². The van der Waals surface area contributed by atoms with Crippen LogP contribution in [0.3, 0.4) is 0 Å². The molecule has 0 spiro atoms. The number of hydrogen-bond acceptors (Lipinski definition) is 4. The molecule has 0 radical (unpaired) electrons. The van der Waals surface area contributed by atoms with Crippen LogP contribution in [0.2, 0.25) is 0 Å². The van der Waals surface area contributed by atoms with Gasteiger partial charge in [0.15, 0.2) is 0 Å². The van der Waals surface area contributed by atoms with Crippen molar-refractivity contribution in [2.45, 2.75) is 63.1 Å². The van der Waals surface area contributed by atoms with Crippen LogP contribution in [-0.2, 0) is 4.74 Å². The van der Waals surface area contributed by atoms with E-state index in [4.69, 9.17) is 4.74 Å². The minimum Gasteiger partial charge on any atom is -0.374 e. The average Bonchev–Trinajstić information content (AvgIpc) is 2.54. The molecule has 0 aromatic heterocycles. The van der Waals surface area contributed by atoms with Gasteiger partial charge in [0.2, 0.25) is 0 Å². The Hall–Kier alpha value is -0.160. The predicted molar refractivity (Wildman–Crippen MR) is 86.6 cm³/mol. The molecule has 4 atom stereocenters. The number of likely N-dealkylation sites (N-methyl/N-ethyl adjacent to an activating group) is 1. The first-order chi connectivity index (χ1) is 10.3. The van der Waals surface area contributed by atoms with Gasteiger partial charge in [0.1, 0.15) is 0 Å². The molecule has 4 nitrogen and oxygen atoms in total. The van der Waals surface area contributed by atoms with Crippen LogP contribution in [0.1, 0.15) is 44.9 Å². The zero-order valence-electron chi connectivity index (χ0n) is 13.7. The fourth-order valence-corrected chi connectivity index (χ4v) is 4.41. The number of morpholine rings is 1. The van der Waals surface area contributed by atoms with Gasteiger partial charge in [-0.05, 0) is 45.2 Å². The van der Waals surface area contributed by atoms with Crippen LogP contribution in [0.25, 0.3) is 0 Å². The van der Waals surface area contributed by atoms with Crippen molar-refractivity contribution in [3.63, 3.8) is 0 Å². The molecule has 4 heteroatoms. The number of nitrogens with one attached hydrogen (secondary N) is 2. The molecule has 2 heterocycles. The minimum atomic E-state index is 0.380. The van der Waals surface area contributed by atoms with Gasteiger partial charge in [-0.25, -0.2) is 0 Å². The van der Waals surface area contributed by atoms with Crippen molar-refractivity contribution in [2.75, 3.05) is 39.8 Å². The maximum absolute atomic E-state index is 5.90. The molecular weight excluding hydrogens is 262 g/mol. The summed E-state index contributed by atoms with van der Waals surface area (Å²) in [5.41, 5.74) is 0. The van der Waals surface area contributed by atoms with Gasteiger partial charge in [0.05, 0.1) is 12.7 Å². The largest absolute Gasteiger partial charge is 0.374 e. The second kappa shape index (κ2) is 7.91. The van der Waals surface area contributed by atoms with Crippen LogP contribution in [0, 0.1) is 5.92 Å². The Morgan fingerprint density at radius 2 is 2.00 bits per heavy atom. The number of hydrogen-bond donors (Lipinski definition) is 2. The summed E-state index contributed by atoms with van der Waals surface area (Å²) in [7, 11) is 2.20. The molecule has 3 rings (SSSR count). The van der Waals surface area contributed by atoms with E-state index in [1.54, 1.807) is 0 Å². The van der Waals surface area contributed by atoms with Crippen molar-refractivity contribution in [2.24, 2.45) is 5.92 Å². The van der Waals surface area contributed by atoms with Crippen molar-refractivity contribution >= 4 is 0 Å². The molecule has 0 aromatic rings. The van der Waals surface area contributed by atoms with Crippen molar-refractivity contribution < 1.29 is 4.74 Å². The van der Waals surface area contributed by atoms with Crippen LogP contribution in [0.15, 0.2) is 0 Å². The van der Waals surface area contributed by atoms with Crippen LogP contribution >= 0.6 is 0 Å². The van der Waals surface area contributed by atoms with E-state index in [0.29, 0.717) is 12.1 Å². The van der Waals surface area contributed by atoms with E-state index in [-0.39, 0.29) is 0 Å². The van der Waals surface area contributed by atoms with E-state index in [1.165, 1.54) is 51.5 Å². The van der Waals surface area contributed by atoms with Crippen molar-refractivity contribution in [3.05, 3.63) is 0 Å². The fraction of sp³-hybridized carbons (Fsp3) is 1.00. The summed E-state index contributed by atoms with van der Waals surface area (Å²) in [4.78, 5) is 2.39. The smallest absolute Gasteiger partial charge is 0.0826 e. The quantitative estimate of drug-likeness (QED) is 0.826. The highest BCUT2D eigenvalue weighted by atomic mass is 16.5. The van der Waals surface area contributed by atoms with Crippen molar-refractivity contribution in [1.82, 2.24) is 15.5 Å². The first-order valence-corrected chi connectivity index (χ1v) is 9.10. The summed E-state index contributed by atoms with van der Waals surface area (Å²) in [5, 5.41) is 7.65. The maximum atomic E-state index is 5.90. The standard InChI is InChI=1S/C17H33N3O/c1-20-10-11-21-14(13-20)12-19-17-7-3-2-6-15(17)16-8-4-5-9-18-16/h14-19H,2-13H2,1H3. The first kappa shape index (κ1) is 15.7. The fourth-order valence-electron chi connectivity index (χ4n) is 4.41. The lowest BCUT2D eigenvalue weighted by molar-refractivity contribution is -0.0212. The molecule has 122 valence electrons. The normalized spacial score (nSPS) is 39.3. The van der Waals surface area contributed by atoms with Crippen LogP contribution < -0.4 is 10.6 Å². The molecule has 3 aliphatic rings. The molecular formula is C17H33N3O. The second-order valence-corrected chi connectivity index (χ2v) is 7.27. The summed E-state index contributed by atoms with van der Waals surface area (Å²) in [6.07, 6.45) is 10.1. The minimum absolute atomic E-state index is 0.380. The third-order valence-electron chi connectivity index (χ3n) is 5.63. The number of nitrogens with zero attached hydrogens (tertiary/aromatic N) is 1. The Balaban J connectivity index is 1.49. The molecule has 1 aliphatic carbocycles. The highest BCUT2D eigenvalue weighted by Gasteiger charge is 2.32. The van der Waals surface area contributed by atoms with Gasteiger partial charge in [0, 0.05) is 31.7 Å². The summed E-state index contributed by atoms with van der Waals surface area (Å²) >= 11 is 0. The van der Waals surface area contributed by atoms with E-state index in [2.05, 4.69) is 22.6 Å². The average molecular weight is 295 g/mol. The lowest BCUT2D eigenvalue weighted by Gasteiger charge is -2.41. The SMILES string of the molecule is CN1CCOC(CNC2CCCCC2C2CCCCN2)C1. The third kappa shape index (κ3) is 4.41. The first-order valence-electron chi connectivity index (χ1n) is 9.10. The molecule has 3 fully saturated rings. The third-order valence-corrected chi connectivity index (χ3v) is 5.63. The summed E-state index contributed by atoms with van der Waals surface area (Å²) in [6, 6.07) is 1.46. The van der Waals surface area contributed by atoms with Crippen molar-refractivity contribution in [3.8, 4) is 0 Å². The molecule has 0 bridgehead atoms. The monoisotopic (exact) mass is 295 g/mol. The van der Waals surface area contributed by atoms with Gasteiger partial charge in [-0.3, -0.25) is 0 Å². The maximum Gasteiger partial charge on any atom is 0.0826 e. The Bertz CT molecular complexity index is 306. The highest BCUT2D eigenvalue weighted by molar-refractivity contribution is 4.91. The van der Waals surface area contributed by atoms with E-state index in [1.807, 2.05) is 0 Å². The lowest BCUT2D eigenvalue weighted by atomic mass is 9.77. The molecule has 21 heavy (non-hydrogen) atoms. The Kier molecular flexibility index (Phi) is 5.92. The van der Waals surface area contributed by atoms with Crippen LogP contribution in [-0.4, -0.2) is 62.9 Å². The Morgan fingerprint density at radius 3 is 2.81 bits per heavy atom. The van der Waals surface area contributed by atoms with Crippen LogP contribution in [0.5, 0.6) is 0 Å². The van der Waals surface area contributed by atoms with E-state index < -0.39 is 0 Å². The Labute approximate surface area is 130 Å². The molecule has 2 saturated heterocycles. The molecule has 2 N–H and O–H groups in total. The molecule has 1 saturated carbocycles. The zero-order chi connectivity index (χ0) is 14.5. The molecule has 0 aromatic carbocycles. The summed E-state index contributed by atoms with van der Waals surface area (Å²) in [5.74, 6) is 0.834. The van der Waals surface area contributed by atoms with E-state index in [9.17, 15) is 0 Å². The van der Waals surface area contributed by atoms with Gasteiger partial charge in [-0.15, -0.1) is 0 Å². The molecule has 0 amide bonds.